The molecule has 0 bridgehead atoms. The quantitative estimate of drug-likeness (QED) is 0.600. The number of rotatable bonds is 9. The molecule has 20 heavy (non-hydrogen) atoms. The molecule has 0 saturated carbocycles. The summed E-state index contributed by atoms with van der Waals surface area (Å²) in [5.74, 6) is 0.853. The van der Waals surface area contributed by atoms with Gasteiger partial charge in [-0.15, -0.1) is 0 Å². The Morgan fingerprint density at radius 2 is 1.80 bits per heavy atom. The van der Waals surface area contributed by atoms with E-state index in [9.17, 15) is 0 Å². The molecule has 0 spiro atoms. The molecular formula is C15H23Br2NO2. The number of unbranched alkanes of at least 4 members (excludes halogenated alkanes) is 2. The Bertz CT molecular complexity index is 388. The van der Waals surface area contributed by atoms with Crippen LogP contribution in [0.3, 0.4) is 0 Å². The van der Waals surface area contributed by atoms with Gasteiger partial charge in [-0.2, -0.15) is 0 Å². The largest absolute Gasteiger partial charge is 0.489 e. The van der Waals surface area contributed by atoms with Gasteiger partial charge in [0.25, 0.3) is 0 Å². The Balaban J connectivity index is 2.47. The summed E-state index contributed by atoms with van der Waals surface area (Å²) in [7, 11) is 0. The molecule has 114 valence electrons. The molecule has 0 unspecified atom stereocenters. The van der Waals surface area contributed by atoms with Gasteiger partial charge in [0.1, 0.15) is 5.75 Å². The molecule has 1 aromatic rings. The van der Waals surface area contributed by atoms with Crippen LogP contribution in [0.25, 0.3) is 0 Å². The maximum Gasteiger partial charge on any atom is 0.148 e. The lowest BCUT2D eigenvalue weighted by molar-refractivity contribution is 0.239. The minimum atomic E-state index is 0.151. The average Bonchev–Trinajstić information content (AvgIpc) is 2.38. The van der Waals surface area contributed by atoms with Crippen LogP contribution < -0.4 is 10.1 Å². The van der Waals surface area contributed by atoms with Crippen molar-refractivity contribution in [1.29, 1.82) is 0 Å². The molecule has 0 saturated heterocycles. The van der Waals surface area contributed by atoms with Crippen molar-refractivity contribution in [3.63, 3.8) is 0 Å². The van der Waals surface area contributed by atoms with Gasteiger partial charge < -0.3 is 15.2 Å². The van der Waals surface area contributed by atoms with Crippen molar-refractivity contribution in [3.8, 4) is 5.75 Å². The second-order valence-electron chi connectivity index (χ2n) is 5.02. The minimum Gasteiger partial charge on any atom is -0.489 e. The van der Waals surface area contributed by atoms with Gasteiger partial charge >= 0.3 is 0 Å². The number of halogens is 2. The van der Waals surface area contributed by atoms with Gasteiger partial charge in [0.2, 0.25) is 0 Å². The van der Waals surface area contributed by atoms with Gasteiger partial charge in [-0.25, -0.2) is 0 Å². The van der Waals surface area contributed by atoms with Crippen molar-refractivity contribution in [3.05, 3.63) is 26.6 Å². The van der Waals surface area contributed by atoms with Crippen molar-refractivity contribution < 1.29 is 9.84 Å². The van der Waals surface area contributed by atoms with Gasteiger partial charge in [-0.1, -0.05) is 0 Å². The van der Waals surface area contributed by atoms with Gasteiger partial charge in [0.15, 0.2) is 0 Å². The SMILES string of the molecule is CC(C)Oc1c(Br)cc(CNCCCCCO)cc1Br. The maximum atomic E-state index is 8.71. The fourth-order valence-electron chi connectivity index (χ4n) is 1.83. The highest BCUT2D eigenvalue weighted by atomic mass is 79.9. The normalized spacial score (nSPS) is 11.1. The highest BCUT2D eigenvalue weighted by molar-refractivity contribution is 9.11. The van der Waals surface area contributed by atoms with Gasteiger partial charge in [0, 0.05) is 13.2 Å². The second-order valence-corrected chi connectivity index (χ2v) is 6.72. The lowest BCUT2D eigenvalue weighted by Gasteiger charge is -2.15. The molecule has 1 aromatic carbocycles. The molecule has 5 heteroatoms. The Morgan fingerprint density at radius 1 is 1.15 bits per heavy atom. The number of aliphatic hydroxyl groups excluding tert-OH is 1. The number of nitrogens with one attached hydrogen (secondary N) is 1. The van der Waals surface area contributed by atoms with E-state index in [0.717, 1.165) is 47.0 Å². The highest BCUT2D eigenvalue weighted by Crippen LogP contribution is 2.35. The number of hydrogen-bond donors (Lipinski definition) is 2. The monoisotopic (exact) mass is 407 g/mol. The van der Waals surface area contributed by atoms with Crippen LogP contribution in [0.4, 0.5) is 0 Å². The first-order valence-electron chi connectivity index (χ1n) is 7.00. The molecule has 3 nitrogen and oxygen atoms in total. The topological polar surface area (TPSA) is 41.5 Å². The molecule has 0 aliphatic heterocycles. The maximum absolute atomic E-state index is 8.71. The third-order valence-corrected chi connectivity index (χ3v) is 3.93. The molecule has 0 aliphatic carbocycles. The summed E-state index contributed by atoms with van der Waals surface area (Å²) >= 11 is 7.12. The average molecular weight is 409 g/mol. The standard InChI is InChI=1S/C15H23Br2NO2/c1-11(2)20-15-13(16)8-12(9-14(15)17)10-18-6-4-3-5-7-19/h8-9,11,18-19H,3-7,10H2,1-2H3. The van der Waals surface area contributed by atoms with E-state index in [1.54, 1.807) is 0 Å². The Kier molecular flexibility index (Phi) is 8.77. The molecule has 1 rings (SSSR count). The Labute approximate surface area is 138 Å². The molecule has 0 atom stereocenters. The fourth-order valence-corrected chi connectivity index (χ4v) is 3.30. The lowest BCUT2D eigenvalue weighted by Crippen LogP contribution is -2.15. The second kappa shape index (κ2) is 9.77. The lowest BCUT2D eigenvalue weighted by atomic mass is 10.2. The highest BCUT2D eigenvalue weighted by Gasteiger charge is 2.10. The third kappa shape index (κ3) is 6.57. The first-order chi connectivity index (χ1) is 9.54. The smallest absolute Gasteiger partial charge is 0.148 e. The summed E-state index contributed by atoms with van der Waals surface area (Å²) in [5.41, 5.74) is 1.21. The summed E-state index contributed by atoms with van der Waals surface area (Å²) in [6, 6.07) is 4.17. The third-order valence-electron chi connectivity index (χ3n) is 2.75. The summed E-state index contributed by atoms with van der Waals surface area (Å²) in [6.07, 6.45) is 3.20. The van der Waals surface area contributed by atoms with E-state index in [2.05, 4.69) is 49.3 Å². The van der Waals surface area contributed by atoms with Crippen molar-refractivity contribution in [2.75, 3.05) is 13.2 Å². The van der Waals surface area contributed by atoms with Crippen LogP contribution in [-0.4, -0.2) is 24.4 Å². The Morgan fingerprint density at radius 3 is 2.35 bits per heavy atom. The van der Waals surface area contributed by atoms with E-state index >= 15 is 0 Å². The predicted molar refractivity (Wildman–Crippen MR) is 90.2 cm³/mol. The summed E-state index contributed by atoms with van der Waals surface area (Å²) in [4.78, 5) is 0. The van der Waals surface area contributed by atoms with Crippen LogP contribution in [0, 0.1) is 0 Å². The van der Waals surface area contributed by atoms with Gasteiger partial charge in [0.05, 0.1) is 15.0 Å². The zero-order chi connectivity index (χ0) is 15.0. The van der Waals surface area contributed by atoms with Crippen LogP contribution in [0.15, 0.2) is 21.1 Å². The Hall–Kier alpha value is -0.100. The van der Waals surface area contributed by atoms with Crippen molar-refractivity contribution in [2.45, 2.75) is 45.8 Å². The van der Waals surface area contributed by atoms with E-state index in [1.165, 1.54) is 5.56 Å². The fraction of sp³-hybridized carbons (Fsp3) is 0.600. The van der Waals surface area contributed by atoms with Crippen molar-refractivity contribution >= 4 is 31.9 Å². The number of hydrogen-bond acceptors (Lipinski definition) is 3. The molecule has 0 amide bonds. The first-order valence-corrected chi connectivity index (χ1v) is 8.59. The summed E-state index contributed by atoms with van der Waals surface area (Å²) < 4.78 is 7.70. The van der Waals surface area contributed by atoms with Gasteiger partial charge in [-0.05, 0) is 89.2 Å². The molecule has 0 radical (unpaired) electrons. The molecule has 0 aliphatic rings. The first kappa shape index (κ1) is 18.0. The van der Waals surface area contributed by atoms with E-state index in [-0.39, 0.29) is 12.7 Å². The van der Waals surface area contributed by atoms with Crippen LogP contribution in [-0.2, 0) is 6.54 Å². The van der Waals surface area contributed by atoms with Crippen LogP contribution in [0.5, 0.6) is 5.75 Å². The zero-order valence-electron chi connectivity index (χ0n) is 12.1. The van der Waals surface area contributed by atoms with Gasteiger partial charge in [-0.3, -0.25) is 0 Å². The van der Waals surface area contributed by atoms with Crippen molar-refractivity contribution in [1.82, 2.24) is 5.32 Å². The molecular weight excluding hydrogens is 386 g/mol. The number of benzene rings is 1. The van der Waals surface area contributed by atoms with Crippen LogP contribution >= 0.6 is 31.9 Å². The number of ether oxygens (including phenoxy) is 1. The van der Waals surface area contributed by atoms with E-state index in [1.807, 2.05) is 13.8 Å². The van der Waals surface area contributed by atoms with E-state index in [0.29, 0.717) is 0 Å². The molecule has 0 aromatic heterocycles. The van der Waals surface area contributed by atoms with E-state index < -0.39 is 0 Å². The van der Waals surface area contributed by atoms with Crippen molar-refractivity contribution in [2.24, 2.45) is 0 Å². The number of aliphatic hydroxyl groups is 1. The minimum absolute atomic E-state index is 0.151. The molecule has 0 fully saturated rings. The van der Waals surface area contributed by atoms with Crippen LogP contribution in [0.2, 0.25) is 0 Å². The summed E-state index contributed by atoms with van der Waals surface area (Å²) in [6.45, 7) is 6.12. The zero-order valence-corrected chi connectivity index (χ0v) is 15.3. The van der Waals surface area contributed by atoms with Crippen LogP contribution in [0.1, 0.15) is 38.7 Å². The van der Waals surface area contributed by atoms with E-state index in [4.69, 9.17) is 9.84 Å². The molecule has 0 heterocycles. The predicted octanol–water partition coefficient (Wildman–Crippen LogP) is 4.25. The molecule has 2 N–H and O–H groups in total. The summed E-state index contributed by atoms with van der Waals surface area (Å²) in [5, 5.41) is 12.1.